The second-order valence-corrected chi connectivity index (χ2v) is 10.4. The Labute approximate surface area is 245 Å². The number of rotatable bonds is 11. The number of hydrogen-bond acceptors (Lipinski definition) is 3. The molecule has 5 heteroatoms. The average Bonchev–Trinajstić information content (AvgIpc) is 2.99. The van der Waals surface area contributed by atoms with Crippen molar-refractivity contribution in [2.24, 2.45) is 11.7 Å². The van der Waals surface area contributed by atoms with Crippen molar-refractivity contribution in [2.45, 2.75) is 124 Å². The minimum atomic E-state index is 0.0417. The monoisotopic (exact) mass is 553 g/mol. The molecule has 0 radical (unpaired) electrons. The van der Waals surface area contributed by atoms with E-state index in [2.05, 4.69) is 73.5 Å². The van der Waals surface area contributed by atoms with Gasteiger partial charge in [-0.1, -0.05) is 102 Å². The van der Waals surface area contributed by atoms with Crippen LogP contribution in [0.2, 0.25) is 0 Å². The lowest BCUT2D eigenvalue weighted by Gasteiger charge is -2.25. The predicted octanol–water partition coefficient (Wildman–Crippen LogP) is 8.11. The summed E-state index contributed by atoms with van der Waals surface area (Å²) in [5, 5.41) is 8.38. The molecule has 0 aliphatic heterocycles. The standard InChI is InChI=1S/C18H21NO.C10H20N2O.C5H12.C2H6/c1-3-14(2)19-18(20)13-7-11-16-10-6-9-15-8-4-5-12-17(15)16;1-2-10(13)12-7-8-3-5-9(11)6-4-8;1-3-5-4-2;1-2/h3-6,8-10,12,14H,1,7,11,13H2,2H3,(H,19,20);8-9H,2-7,11H2,1H3,(H,12,13);3-5H2,1-2H3;1-2H3. The zero-order chi connectivity index (χ0) is 30.2. The fourth-order valence-corrected chi connectivity index (χ4v) is 4.46. The summed E-state index contributed by atoms with van der Waals surface area (Å²) in [7, 11) is 0. The van der Waals surface area contributed by atoms with Crippen LogP contribution in [0.25, 0.3) is 10.8 Å². The molecule has 1 fully saturated rings. The number of carbonyl (C=O) groups excluding carboxylic acids is 2. The molecular weight excluding hydrogens is 494 g/mol. The van der Waals surface area contributed by atoms with E-state index < -0.39 is 0 Å². The number of amides is 2. The maximum absolute atomic E-state index is 11.7. The topological polar surface area (TPSA) is 84.2 Å². The van der Waals surface area contributed by atoms with Crippen molar-refractivity contribution in [2.75, 3.05) is 6.54 Å². The van der Waals surface area contributed by atoms with Crippen LogP contribution in [0, 0.1) is 5.92 Å². The number of hydrogen-bond donors (Lipinski definition) is 3. The molecule has 2 amide bonds. The average molecular weight is 554 g/mol. The van der Waals surface area contributed by atoms with Gasteiger partial charge in [0.25, 0.3) is 0 Å². The number of aryl methyl sites for hydroxylation is 1. The molecule has 3 rings (SSSR count). The van der Waals surface area contributed by atoms with Gasteiger partial charge in [-0.2, -0.15) is 0 Å². The molecule has 226 valence electrons. The van der Waals surface area contributed by atoms with Crippen LogP contribution in [0.3, 0.4) is 0 Å². The molecule has 0 saturated heterocycles. The molecule has 0 heterocycles. The number of unbranched alkanes of at least 4 members (excludes halogenated alkanes) is 2. The zero-order valence-electron chi connectivity index (χ0n) is 26.4. The van der Waals surface area contributed by atoms with Crippen LogP contribution in [0.4, 0.5) is 0 Å². The van der Waals surface area contributed by atoms with Gasteiger partial charge in [0.15, 0.2) is 0 Å². The maximum Gasteiger partial charge on any atom is 0.220 e. The van der Waals surface area contributed by atoms with Crippen molar-refractivity contribution in [3.05, 3.63) is 60.7 Å². The van der Waals surface area contributed by atoms with Crippen LogP contribution >= 0.6 is 0 Å². The first-order chi connectivity index (χ1) is 19.3. The third-order valence-corrected chi connectivity index (χ3v) is 6.98. The van der Waals surface area contributed by atoms with Crippen molar-refractivity contribution >= 4 is 22.6 Å². The van der Waals surface area contributed by atoms with Gasteiger partial charge in [0.05, 0.1) is 0 Å². The van der Waals surface area contributed by atoms with Gasteiger partial charge in [0.2, 0.25) is 11.8 Å². The van der Waals surface area contributed by atoms with Crippen LogP contribution in [-0.4, -0.2) is 30.4 Å². The van der Waals surface area contributed by atoms with Gasteiger partial charge in [-0.15, -0.1) is 6.58 Å². The molecule has 40 heavy (non-hydrogen) atoms. The Morgan fingerprint density at radius 1 is 0.950 bits per heavy atom. The normalized spacial score (nSPS) is 16.5. The van der Waals surface area contributed by atoms with Crippen LogP contribution in [0.15, 0.2) is 55.1 Å². The lowest BCUT2D eigenvalue weighted by molar-refractivity contribution is -0.122. The summed E-state index contributed by atoms with van der Waals surface area (Å²) < 4.78 is 0. The first-order valence-corrected chi connectivity index (χ1v) is 15.7. The van der Waals surface area contributed by atoms with Crippen LogP contribution in [0.1, 0.15) is 111 Å². The first kappa shape index (κ1) is 37.3. The van der Waals surface area contributed by atoms with Gasteiger partial charge in [-0.3, -0.25) is 9.59 Å². The van der Waals surface area contributed by atoms with Crippen molar-refractivity contribution in [3.63, 3.8) is 0 Å². The summed E-state index contributed by atoms with van der Waals surface area (Å²) in [4.78, 5) is 22.7. The van der Waals surface area contributed by atoms with Gasteiger partial charge >= 0.3 is 0 Å². The number of fused-ring (bicyclic) bond motifs is 1. The zero-order valence-corrected chi connectivity index (χ0v) is 26.4. The van der Waals surface area contributed by atoms with Gasteiger partial charge in [0, 0.05) is 31.5 Å². The highest BCUT2D eigenvalue weighted by atomic mass is 16.2. The van der Waals surface area contributed by atoms with E-state index >= 15 is 0 Å². The van der Waals surface area contributed by atoms with E-state index in [9.17, 15) is 9.59 Å². The summed E-state index contributed by atoms with van der Waals surface area (Å²) in [5.41, 5.74) is 7.10. The number of benzene rings is 2. The van der Waals surface area contributed by atoms with Crippen molar-refractivity contribution in [1.82, 2.24) is 10.6 Å². The Hall–Kier alpha value is -2.66. The highest BCUT2D eigenvalue weighted by Gasteiger charge is 2.18. The van der Waals surface area contributed by atoms with Crippen LogP contribution in [-0.2, 0) is 16.0 Å². The maximum atomic E-state index is 11.7. The van der Waals surface area contributed by atoms with E-state index in [-0.39, 0.29) is 17.9 Å². The van der Waals surface area contributed by atoms with E-state index in [1.807, 2.05) is 27.7 Å². The quantitative estimate of drug-likeness (QED) is 0.246. The number of nitrogens with one attached hydrogen (secondary N) is 2. The van der Waals surface area contributed by atoms with E-state index in [4.69, 9.17) is 5.73 Å². The fourth-order valence-electron chi connectivity index (χ4n) is 4.46. The fraction of sp³-hybridized carbons (Fsp3) is 0.600. The largest absolute Gasteiger partial charge is 0.356 e. The molecule has 1 atom stereocenters. The van der Waals surface area contributed by atoms with Gasteiger partial charge in [-0.05, 0) is 67.7 Å². The third kappa shape index (κ3) is 17.1. The molecule has 0 spiro atoms. The van der Waals surface area contributed by atoms with E-state index in [0.29, 0.717) is 24.8 Å². The highest BCUT2D eigenvalue weighted by molar-refractivity contribution is 5.85. The summed E-state index contributed by atoms with van der Waals surface area (Å²) in [6.07, 6.45) is 13.3. The molecule has 1 aliphatic carbocycles. The third-order valence-electron chi connectivity index (χ3n) is 6.98. The van der Waals surface area contributed by atoms with Crippen molar-refractivity contribution in [1.29, 1.82) is 0 Å². The summed E-state index contributed by atoms with van der Waals surface area (Å²) in [5.74, 6) is 0.919. The van der Waals surface area contributed by atoms with Crippen LogP contribution in [0.5, 0.6) is 0 Å². The molecule has 5 nitrogen and oxygen atoms in total. The SMILES string of the molecule is C=CC(C)NC(=O)CCCc1cccc2ccccc12.CC.CCC(=O)NCC1CCC(N)CC1.CCCCC. The first-order valence-electron chi connectivity index (χ1n) is 15.7. The number of carbonyl (C=O) groups is 2. The minimum Gasteiger partial charge on any atom is -0.356 e. The Morgan fingerprint density at radius 3 is 2.15 bits per heavy atom. The predicted molar refractivity (Wildman–Crippen MR) is 174 cm³/mol. The molecule has 1 unspecified atom stereocenters. The highest BCUT2D eigenvalue weighted by Crippen LogP contribution is 2.22. The molecular formula is C35H59N3O2. The molecule has 1 saturated carbocycles. The summed E-state index contributed by atoms with van der Waals surface area (Å²) in [6, 6.07) is 15.2. The smallest absolute Gasteiger partial charge is 0.220 e. The Bertz CT molecular complexity index is 928. The molecule has 0 aromatic heterocycles. The second kappa shape index (κ2) is 24.2. The van der Waals surface area contributed by atoms with Gasteiger partial charge < -0.3 is 16.4 Å². The molecule has 0 bridgehead atoms. The van der Waals surface area contributed by atoms with Gasteiger partial charge in [-0.25, -0.2) is 0 Å². The lowest BCUT2D eigenvalue weighted by Crippen LogP contribution is -2.33. The Morgan fingerprint density at radius 2 is 1.57 bits per heavy atom. The Kier molecular flexibility index (Phi) is 22.6. The van der Waals surface area contributed by atoms with Crippen LogP contribution < -0.4 is 16.4 Å². The number of nitrogens with two attached hydrogens (primary N) is 1. The summed E-state index contributed by atoms with van der Waals surface area (Å²) in [6.45, 7) is 16.7. The van der Waals surface area contributed by atoms with Crippen molar-refractivity contribution < 1.29 is 9.59 Å². The van der Waals surface area contributed by atoms with Crippen molar-refractivity contribution in [3.8, 4) is 0 Å². The minimum absolute atomic E-state index is 0.0417. The summed E-state index contributed by atoms with van der Waals surface area (Å²) >= 11 is 0. The van der Waals surface area contributed by atoms with E-state index in [1.54, 1.807) is 6.08 Å². The molecule has 2 aromatic carbocycles. The Balaban J connectivity index is 0.000000652. The molecule has 2 aromatic rings. The van der Waals surface area contributed by atoms with Gasteiger partial charge in [0.1, 0.15) is 0 Å². The lowest BCUT2D eigenvalue weighted by atomic mass is 9.86. The molecule has 1 aliphatic rings. The van der Waals surface area contributed by atoms with E-state index in [0.717, 1.165) is 32.2 Å². The molecule has 4 N–H and O–H groups in total. The van der Waals surface area contributed by atoms with E-state index in [1.165, 1.54) is 48.4 Å². The second-order valence-electron chi connectivity index (χ2n) is 10.4.